The second-order valence-corrected chi connectivity index (χ2v) is 9.35. The summed E-state index contributed by atoms with van der Waals surface area (Å²) in [5.74, 6) is -1.00. The molecule has 5 rings (SSSR count). The van der Waals surface area contributed by atoms with E-state index in [4.69, 9.17) is 5.11 Å². The number of benzene rings is 4. The number of rotatable bonds is 7. The van der Waals surface area contributed by atoms with Crippen LogP contribution >= 0.6 is 0 Å². The molecule has 3 nitrogen and oxygen atoms in total. The zero-order valence-electron chi connectivity index (χ0n) is 20.9. The van der Waals surface area contributed by atoms with Crippen LogP contribution in [0.25, 0.3) is 23.3 Å². The molecule has 182 valence electrons. The molecule has 1 aliphatic rings. The first kappa shape index (κ1) is 24.1. The van der Waals surface area contributed by atoms with Gasteiger partial charge in [-0.3, -0.25) is 0 Å². The maximum atomic E-state index is 11.1. The molecule has 0 radical (unpaired) electrons. The Morgan fingerprint density at radius 2 is 1.35 bits per heavy atom. The van der Waals surface area contributed by atoms with E-state index < -0.39 is 5.97 Å². The topological polar surface area (TPSA) is 40.5 Å². The van der Waals surface area contributed by atoms with Gasteiger partial charge in [0.25, 0.3) is 0 Å². The fourth-order valence-corrected chi connectivity index (χ4v) is 4.61. The van der Waals surface area contributed by atoms with Crippen LogP contribution in [0.2, 0.25) is 0 Å². The van der Waals surface area contributed by atoms with Gasteiger partial charge in [0, 0.05) is 17.6 Å². The van der Waals surface area contributed by atoms with Gasteiger partial charge in [0.2, 0.25) is 0 Å². The van der Waals surface area contributed by atoms with Crippen LogP contribution in [0.5, 0.6) is 0 Å². The summed E-state index contributed by atoms with van der Waals surface area (Å²) < 4.78 is 0. The quantitative estimate of drug-likeness (QED) is 0.212. The third-order valence-corrected chi connectivity index (χ3v) is 6.78. The van der Waals surface area contributed by atoms with Gasteiger partial charge >= 0.3 is 5.97 Å². The highest BCUT2D eigenvalue weighted by Gasteiger charge is 2.17. The molecule has 4 aromatic carbocycles. The molecule has 0 heterocycles. The molecule has 3 heteroatoms. The number of carbonyl (C=O) groups is 1. The van der Waals surface area contributed by atoms with Gasteiger partial charge in [0.15, 0.2) is 0 Å². The van der Waals surface area contributed by atoms with Gasteiger partial charge in [0.05, 0.1) is 5.57 Å². The van der Waals surface area contributed by atoms with E-state index in [-0.39, 0.29) is 5.57 Å². The van der Waals surface area contributed by atoms with E-state index in [0.29, 0.717) is 5.56 Å². The van der Waals surface area contributed by atoms with Crippen molar-refractivity contribution < 1.29 is 9.90 Å². The van der Waals surface area contributed by atoms with Crippen molar-refractivity contribution in [2.75, 3.05) is 4.90 Å². The van der Waals surface area contributed by atoms with Crippen LogP contribution < -0.4 is 4.90 Å². The van der Waals surface area contributed by atoms with Gasteiger partial charge in [-0.1, -0.05) is 97.1 Å². The molecule has 0 aromatic heterocycles. The van der Waals surface area contributed by atoms with Gasteiger partial charge in [-0.15, -0.1) is 0 Å². The molecule has 0 bridgehead atoms. The number of aryl methyl sites for hydroxylation is 2. The van der Waals surface area contributed by atoms with Gasteiger partial charge < -0.3 is 10.0 Å². The average Bonchev–Trinajstić information content (AvgIpc) is 3.34. The van der Waals surface area contributed by atoms with E-state index in [2.05, 4.69) is 103 Å². The molecular formula is C34H29NO2. The number of carboxylic acids is 1. The molecule has 0 fully saturated rings. The second kappa shape index (κ2) is 10.5. The third-order valence-electron chi connectivity index (χ3n) is 6.78. The van der Waals surface area contributed by atoms with E-state index in [1.807, 2.05) is 18.2 Å². The van der Waals surface area contributed by atoms with Crippen molar-refractivity contribution in [2.45, 2.75) is 19.8 Å². The summed E-state index contributed by atoms with van der Waals surface area (Å²) in [5, 5.41) is 9.11. The third kappa shape index (κ3) is 5.46. The maximum Gasteiger partial charge on any atom is 0.335 e. The lowest BCUT2D eigenvalue weighted by atomic mass is 10.0. The van der Waals surface area contributed by atoms with E-state index in [1.54, 1.807) is 12.1 Å². The zero-order valence-corrected chi connectivity index (χ0v) is 20.9. The number of anilines is 2. The van der Waals surface area contributed by atoms with E-state index >= 15 is 0 Å². The summed E-state index contributed by atoms with van der Waals surface area (Å²) in [5.41, 5.74) is 10.4. The minimum atomic E-state index is -1.00. The van der Waals surface area contributed by atoms with Crippen LogP contribution in [-0.2, 0) is 11.2 Å². The number of nitrogens with zero attached hydrogens (tertiary/aromatic N) is 1. The van der Waals surface area contributed by atoms with E-state index in [1.165, 1.54) is 22.3 Å². The minimum Gasteiger partial charge on any atom is -0.478 e. The smallest absolute Gasteiger partial charge is 0.335 e. The number of hydrogen-bond donors (Lipinski definition) is 1. The van der Waals surface area contributed by atoms with Crippen LogP contribution in [-0.4, -0.2) is 11.1 Å². The first-order valence-corrected chi connectivity index (χ1v) is 12.4. The molecule has 37 heavy (non-hydrogen) atoms. The molecule has 0 saturated heterocycles. The van der Waals surface area contributed by atoms with Crippen molar-refractivity contribution >= 4 is 40.6 Å². The number of carboxylic acid groups (broad SMARTS) is 1. The van der Waals surface area contributed by atoms with Crippen LogP contribution in [0, 0.1) is 6.92 Å². The fraction of sp³-hybridized carbons (Fsp3) is 0.0882. The summed E-state index contributed by atoms with van der Waals surface area (Å²) in [4.78, 5) is 13.4. The highest BCUT2D eigenvalue weighted by Crippen LogP contribution is 2.35. The molecule has 4 aromatic rings. The predicted molar refractivity (Wildman–Crippen MR) is 155 cm³/mol. The monoisotopic (exact) mass is 483 g/mol. The Morgan fingerprint density at radius 3 is 1.97 bits per heavy atom. The largest absolute Gasteiger partial charge is 0.478 e. The van der Waals surface area contributed by atoms with Crippen molar-refractivity contribution in [3.05, 3.63) is 143 Å². The molecule has 0 amide bonds. The Balaban J connectivity index is 1.40. The summed E-state index contributed by atoms with van der Waals surface area (Å²) >= 11 is 0. The van der Waals surface area contributed by atoms with Crippen LogP contribution in [0.15, 0.2) is 110 Å². The van der Waals surface area contributed by atoms with Crippen LogP contribution in [0.3, 0.4) is 0 Å². The lowest BCUT2D eigenvalue weighted by molar-refractivity contribution is -0.130. The minimum absolute atomic E-state index is 0.0975. The molecule has 1 N–H and O–H groups in total. The lowest BCUT2D eigenvalue weighted by Gasteiger charge is -2.23. The number of allylic oxidation sites excluding steroid dienone is 1. The second-order valence-electron chi connectivity index (χ2n) is 9.35. The SMILES string of the molecule is C=C(C(=O)O)c1ccc(C=Cc2ccc(N(/C=C3/CCc4ccccc43)c3ccc(C)cc3)cc2)cc1. The first-order chi connectivity index (χ1) is 18.0. The fourth-order valence-electron chi connectivity index (χ4n) is 4.61. The van der Waals surface area contributed by atoms with Crippen molar-refractivity contribution in [3.8, 4) is 0 Å². The Bertz CT molecular complexity index is 1490. The molecular weight excluding hydrogens is 454 g/mol. The maximum absolute atomic E-state index is 11.1. The summed E-state index contributed by atoms with van der Waals surface area (Å²) in [6, 6.07) is 33.2. The van der Waals surface area contributed by atoms with Gasteiger partial charge in [-0.2, -0.15) is 0 Å². The molecule has 0 spiro atoms. The highest BCUT2D eigenvalue weighted by atomic mass is 16.4. The molecule has 1 aliphatic carbocycles. The van der Waals surface area contributed by atoms with E-state index in [9.17, 15) is 4.79 Å². The highest BCUT2D eigenvalue weighted by molar-refractivity contribution is 6.14. The van der Waals surface area contributed by atoms with Crippen LogP contribution in [0.4, 0.5) is 11.4 Å². The molecule has 0 atom stereocenters. The lowest BCUT2D eigenvalue weighted by Crippen LogP contribution is -2.09. The predicted octanol–water partition coefficient (Wildman–Crippen LogP) is 8.39. The molecule has 0 aliphatic heterocycles. The normalized spacial score (nSPS) is 13.6. The van der Waals surface area contributed by atoms with E-state index in [0.717, 1.165) is 35.3 Å². The molecule has 0 saturated carbocycles. The zero-order chi connectivity index (χ0) is 25.8. The Morgan fingerprint density at radius 1 is 0.784 bits per heavy atom. The van der Waals surface area contributed by atoms with Gasteiger partial charge in [-0.05, 0) is 77.4 Å². The molecule has 0 unspecified atom stereocenters. The van der Waals surface area contributed by atoms with Crippen molar-refractivity contribution in [1.82, 2.24) is 0 Å². The van der Waals surface area contributed by atoms with Gasteiger partial charge in [0.1, 0.15) is 0 Å². The Kier molecular flexibility index (Phi) is 6.87. The van der Waals surface area contributed by atoms with Crippen molar-refractivity contribution in [3.63, 3.8) is 0 Å². The first-order valence-electron chi connectivity index (χ1n) is 12.4. The summed E-state index contributed by atoms with van der Waals surface area (Å²) in [6.45, 7) is 5.72. The van der Waals surface area contributed by atoms with Gasteiger partial charge in [-0.25, -0.2) is 4.79 Å². The standard InChI is InChI=1S/C34H29NO2/c1-24-7-19-31(20-8-24)35(23-30-18-17-29-5-3-4-6-33(29)30)32-21-13-27(14-22-32)10-9-26-11-15-28(16-12-26)25(2)34(36)37/h3-16,19-23H,2,17-18H2,1H3,(H,36,37)/b10-9?,30-23-. The summed E-state index contributed by atoms with van der Waals surface area (Å²) in [7, 11) is 0. The Labute approximate surface area is 218 Å². The number of fused-ring (bicyclic) bond motifs is 1. The average molecular weight is 484 g/mol. The Hall–Kier alpha value is -4.63. The number of aliphatic carboxylic acids is 1. The van der Waals surface area contributed by atoms with Crippen molar-refractivity contribution in [1.29, 1.82) is 0 Å². The number of hydrogen-bond acceptors (Lipinski definition) is 2. The van der Waals surface area contributed by atoms with Crippen LogP contribution in [0.1, 0.15) is 39.8 Å². The summed E-state index contributed by atoms with van der Waals surface area (Å²) in [6.07, 6.45) is 8.50. The van der Waals surface area contributed by atoms with Crippen molar-refractivity contribution in [2.24, 2.45) is 0 Å².